The molecular formula is C12H27NO. The summed E-state index contributed by atoms with van der Waals surface area (Å²) in [5.74, 6) is 0. The standard InChI is InChI=1S/C12H27NO/c1-4-5-6-7-8-11(2)14-12(3)9-10-13/h11-12H,4-10,13H2,1-3H3. The number of rotatable bonds is 9. The molecule has 0 saturated heterocycles. The maximum atomic E-state index is 5.79. The molecule has 2 nitrogen and oxygen atoms in total. The highest BCUT2D eigenvalue weighted by atomic mass is 16.5. The van der Waals surface area contributed by atoms with Gasteiger partial charge in [-0.15, -0.1) is 0 Å². The van der Waals surface area contributed by atoms with E-state index in [9.17, 15) is 0 Å². The minimum absolute atomic E-state index is 0.321. The lowest BCUT2D eigenvalue weighted by molar-refractivity contribution is 0.000200. The van der Waals surface area contributed by atoms with Gasteiger partial charge in [0.2, 0.25) is 0 Å². The van der Waals surface area contributed by atoms with Crippen molar-refractivity contribution in [1.82, 2.24) is 0 Å². The average molecular weight is 201 g/mol. The minimum atomic E-state index is 0.321. The van der Waals surface area contributed by atoms with E-state index < -0.39 is 0 Å². The van der Waals surface area contributed by atoms with Crippen molar-refractivity contribution in [2.75, 3.05) is 6.54 Å². The van der Waals surface area contributed by atoms with Gasteiger partial charge in [-0.25, -0.2) is 0 Å². The third-order valence-corrected chi connectivity index (χ3v) is 2.50. The summed E-state index contributed by atoms with van der Waals surface area (Å²) in [6.45, 7) is 7.24. The van der Waals surface area contributed by atoms with Gasteiger partial charge < -0.3 is 10.5 Å². The first kappa shape index (κ1) is 13.9. The van der Waals surface area contributed by atoms with Crippen molar-refractivity contribution in [2.45, 2.75) is 71.5 Å². The minimum Gasteiger partial charge on any atom is -0.376 e. The van der Waals surface area contributed by atoms with E-state index in [1.807, 2.05) is 0 Å². The van der Waals surface area contributed by atoms with Crippen LogP contribution in [0.3, 0.4) is 0 Å². The van der Waals surface area contributed by atoms with Crippen molar-refractivity contribution in [1.29, 1.82) is 0 Å². The number of ether oxygens (including phenoxy) is 1. The zero-order valence-corrected chi connectivity index (χ0v) is 10.1. The second-order valence-corrected chi connectivity index (χ2v) is 4.18. The first-order valence-corrected chi connectivity index (χ1v) is 6.06. The van der Waals surface area contributed by atoms with E-state index in [0.717, 1.165) is 13.0 Å². The van der Waals surface area contributed by atoms with Crippen LogP contribution in [0.25, 0.3) is 0 Å². The molecule has 0 aromatic rings. The smallest absolute Gasteiger partial charge is 0.0562 e. The first-order chi connectivity index (χ1) is 6.70. The molecule has 2 atom stereocenters. The molecule has 0 fully saturated rings. The van der Waals surface area contributed by atoms with E-state index in [1.165, 1.54) is 32.1 Å². The van der Waals surface area contributed by atoms with Crippen LogP contribution >= 0.6 is 0 Å². The Bertz CT molecular complexity index is 117. The Morgan fingerprint density at radius 2 is 1.64 bits per heavy atom. The van der Waals surface area contributed by atoms with Gasteiger partial charge in [-0.3, -0.25) is 0 Å². The van der Waals surface area contributed by atoms with E-state index in [0.29, 0.717) is 12.2 Å². The number of hydrogen-bond acceptors (Lipinski definition) is 2. The molecule has 0 aromatic heterocycles. The molecular weight excluding hydrogens is 174 g/mol. The maximum absolute atomic E-state index is 5.79. The van der Waals surface area contributed by atoms with Crippen LogP contribution in [0.4, 0.5) is 0 Å². The normalized spacial score (nSPS) is 15.4. The maximum Gasteiger partial charge on any atom is 0.0562 e. The first-order valence-electron chi connectivity index (χ1n) is 6.06. The van der Waals surface area contributed by atoms with Crippen molar-refractivity contribution in [3.8, 4) is 0 Å². The number of nitrogens with two attached hydrogens (primary N) is 1. The zero-order valence-electron chi connectivity index (χ0n) is 10.1. The highest BCUT2D eigenvalue weighted by Gasteiger charge is 2.07. The summed E-state index contributed by atoms with van der Waals surface area (Å²) >= 11 is 0. The van der Waals surface area contributed by atoms with Crippen molar-refractivity contribution < 1.29 is 4.74 Å². The Morgan fingerprint density at radius 1 is 1.00 bits per heavy atom. The van der Waals surface area contributed by atoms with Crippen LogP contribution in [0, 0.1) is 0 Å². The fraction of sp³-hybridized carbons (Fsp3) is 1.00. The molecule has 86 valence electrons. The van der Waals surface area contributed by atoms with Crippen LogP contribution < -0.4 is 5.73 Å². The molecule has 0 heterocycles. The predicted octanol–water partition coefficient (Wildman–Crippen LogP) is 3.10. The molecule has 2 unspecified atom stereocenters. The Morgan fingerprint density at radius 3 is 2.21 bits per heavy atom. The van der Waals surface area contributed by atoms with Gasteiger partial charge in [0.15, 0.2) is 0 Å². The number of hydrogen-bond donors (Lipinski definition) is 1. The van der Waals surface area contributed by atoms with Gasteiger partial charge in [0, 0.05) is 0 Å². The van der Waals surface area contributed by atoms with Crippen LogP contribution in [-0.4, -0.2) is 18.8 Å². The molecule has 0 bridgehead atoms. The summed E-state index contributed by atoms with van der Waals surface area (Å²) in [6, 6.07) is 0. The lowest BCUT2D eigenvalue weighted by Gasteiger charge is -2.18. The van der Waals surface area contributed by atoms with Gasteiger partial charge in [0.05, 0.1) is 12.2 Å². The molecule has 0 rings (SSSR count). The summed E-state index contributed by atoms with van der Waals surface area (Å²) in [5.41, 5.74) is 5.46. The van der Waals surface area contributed by atoms with Crippen molar-refractivity contribution in [3.05, 3.63) is 0 Å². The second-order valence-electron chi connectivity index (χ2n) is 4.18. The lowest BCUT2D eigenvalue weighted by Crippen LogP contribution is -2.20. The fourth-order valence-corrected chi connectivity index (χ4v) is 1.63. The van der Waals surface area contributed by atoms with Crippen molar-refractivity contribution in [3.63, 3.8) is 0 Å². The summed E-state index contributed by atoms with van der Waals surface area (Å²) in [6.07, 6.45) is 8.17. The van der Waals surface area contributed by atoms with Gasteiger partial charge >= 0.3 is 0 Å². The summed E-state index contributed by atoms with van der Waals surface area (Å²) in [7, 11) is 0. The van der Waals surface area contributed by atoms with Crippen LogP contribution in [0.1, 0.15) is 59.3 Å². The van der Waals surface area contributed by atoms with Crippen LogP contribution in [0.5, 0.6) is 0 Å². The summed E-state index contributed by atoms with van der Waals surface area (Å²) in [5, 5.41) is 0. The Labute approximate surface area is 89.2 Å². The van der Waals surface area contributed by atoms with Crippen LogP contribution in [0.2, 0.25) is 0 Å². The van der Waals surface area contributed by atoms with E-state index in [-0.39, 0.29) is 0 Å². The van der Waals surface area contributed by atoms with E-state index >= 15 is 0 Å². The third kappa shape index (κ3) is 8.52. The van der Waals surface area contributed by atoms with Gasteiger partial charge in [-0.2, -0.15) is 0 Å². The highest BCUT2D eigenvalue weighted by Crippen LogP contribution is 2.10. The molecule has 0 aliphatic carbocycles. The predicted molar refractivity (Wildman–Crippen MR) is 62.4 cm³/mol. The molecule has 2 heteroatoms. The molecule has 0 saturated carbocycles. The van der Waals surface area contributed by atoms with Crippen LogP contribution in [-0.2, 0) is 4.74 Å². The quantitative estimate of drug-likeness (QED) is 0.582. The molecule has 0 radical (unpaired) electrons. The second kappa shape index (κ2) is 9.47. The lowest BCUT2D eigenvalue weighted by atomic mass is 10.1. The highest BCUT2D eigenvalue weighted by molar-refractivity contribution is 4.57. The Hall–Kier alpha value is -0.0800. The summed E-state index contributed by atoms with van der Waals surface area (Å²) < 4.78 is 5.79. The molecule has 0 aromatic carbocycles. The largest absolute Gasteiger partial charge is 0.376 e. The molecule has 0 spiro atoms. The van der Waals surface area contributed by atoms with Crippen LogP contribution in [0.15, 0.2) is 0 Å². The molecule has 0 aliphatic heterocycles. The SMILES string of the molecule is CCCCCCC(C)OC(C)CCN. The van der Waals surface area contributed by atoms with Gasteiger partial charge in [-0.1, -0.05) is 32.6 Å². The average Bonchev–Trinajstić information content (AvgIpc) is 2.13. The van der Waals surface area contributed by atoms with E-state index in [2.05, 4.69) is 20.8 Å². The Balaban J connectivity index is 3.30. The van der Waals surface area contributed by atoms with Crippen molar-refractivity contribution in [2.24, 2.45) is 5.73 Å². The third-order valence-electron chi connectivity index (χ3n) is 2.50. The number of unbranched alkanes of at least 4 members (excludes halogenated alkanes) is 3. The summed E-state index contributed by atoms with van der Waals surface area (Å²) in [4.78, 5) is 0. The Kier molecular flexibility index (Phi) is 9.42. The molecule has 0 amide bonds. The molecule has 14 heavy (non-hydrogen) atoms. The van der Waals surface area contributed by atoms with E-state index in [1.54, 1.807) is 0 Å². The van der Waals surface area contributed by atoms with Gasteiger partial charge in [-0.05, 0) is 33.2 Å². The fourth-order valence-electron chi connectivity index (χ4n) is 1.63. The monoisotopic (exact) mass is 201 g/mol. The molecule has 0 aliphatic rings. The van der Waals surface area contributed by atoms with Crippen molar-refractivity contribution >= 4 is 0 Å². The van der Waals surface area contributed by atoms with Gasteiger partial charge in [0.1, 0.15) is 0 Å². The zero-order chi connectivity index (χ0) is 10.8. The van der Waals surface area contributed by atoms with E-state index in [4.69, 9.17) is 10.5 Å². The van der Waals surface area contributed by atoms with Gasteiger partial charge in [0.25, 0.3) is 0 Å². The molecule has 2 N–H and O–H groups in total. The topological polar surface area (TPSA) is 35.2 Å².